The zero-order valence-corrected chi connectivity index (χ0v) is 18.7. The Morgan fingerprint density at radius 3 is 2.55 bits per heavy atom. The summed E-state index contributed by atoms with van der Waals surface area (Å²) in [6.07, 6.45) is 2.82. The molecule has 9 nitrogen and oxygen atoms in total. The normalized spacial score (nSPS) is 20.6. The Labute approximate surface area is 175 Å². The molecule has 0 saturated carbocycles. The highest BCUT2D eigenvalue weighted by atomic mass is 32.2. The van der Waals surface area contributed by atoms with Crippen molar-refractivity contribution in [3.8, 4) is 0 Å². The zero-order chi connectivity index (χ0) is 21.7. The van der Waals surface area contributed by atoms with Crippen molar-refractivity contribution in [3.05, 3.63) is 16.1 Å². The molecule has 1 aromatic rings. The number of aromatic nitrogens is 1. The van der Waals surface area contributed by atoms with Gasteiger partial charge in [0.2, 0.25) is 0 Å². The lowest BCUT2D eigenvalue weighted by atomic mass is 9.88. The third kappa shape index (κ3) is 6.73. The number of carboxylic acid groups (broad SMARTS) is 1. The number of amides is 1. The number of morpholine rings is 1. The van der Waals surface area contributed by atoms with Crippen molar-refractivity contribution in [2.45, 2.75) is 38.3 Å². The average Bonchev–Trinajstić information content (AvgIpc) is 3.08. The van der Waals surface area contributed by atoms with E-state index < -0.39 is 9.84 Å². The number of thiazole rings is 1. The van der Waals surface area contributed by atoms with Crippen LogP contribution in [-0.2, 0) is 19.4 Å². The first kappa shape index (κ1) is 23.7. The van der Waals surface area contributed by atoms with Gasteiger partial charge in [-0.1, -0.05) is 0 Å². The smallest absolute Gasteiger partial charge is 0.290 e. The lowest BCUT2D eigenvalue weighted by molar-refractivity contribution is -0.137. The molecule has 0 aromatic carbocycles. The summed E-state index contributed by atoms with van der Waals surface area (Å²) in [6.45, 7) is 6.97. The molecule has 1 unspecified atom stereocenters. The number of carbonyl (C=O) groups excluding carboxylic acids is 1. The molecule has 0 radical (unpaired) electrons. The van der Waals surface area contributed by atoms with Crippen LogP contribution in [0, 0.1) is 6.92 Å². The topological polar surface area (TPSA) is 117 Å². The third-order valence-electron chi connectivity index (χ3n) is 5.25. The number of hydrogen-bond donors (Lipinski definition) is 1. The van der Waals surface area contributed by atoms with Crippen LogP contribution < -0.4 is 0 Å². The number of nitrogens with zero attached hydrogens (tertiary/aromatic N) is 3. The van der Waals surface area contributed by atoms with E-state index in [1.165, 1.54) is 17.6 Å². The van der Waals surface area contributed by atoms with Gasteiger partial charge in [-0.15, -0.1) is 11.3 Å². The van der Waals surface area contributed by atoms with Gasteiger partial charge in [-0.25, -0.2) is 13.4 Å². The first-order valence-corrected chi connectivity index (χ1v) is 12.4. The van der Waals surface area contributed by atoms with Crippen molar-refractivity contribution < 1.29 is 27.9 Å². The molecule has 0 aliphatic carbocycles. The Bertz CT molecular complexity index is 802. The van der Waals surface area contributed by atoms with E-state index >= 15 is 0 Å². The predicted octanol–water partition coefficient (Wildman–Crippen LogP) is 0.892. The average molecular weight is 448 g/mol. The van der Waals surface area contributed by atoms with Crippen LogP contribution in [0.15, 0.2) is 5.38 Å². The number of ether oxygens (including phenoxy) is 1. The van der Waals surface area contributed by atoms with Gasteiger partial charge in [-0.2, -0.15) is 0 Å². The maximum absolute atomic E-state index is 12.6. The Morgan fingerprint density at radius 2 is 2.03 bits per heavy atom. The third-order valence-corrected chi connectivity index (χ3v) is 7.11. The van der Waals surface area contributed by atoms with E-state index in [0.717, 1.165) is 30.9 Å². The van der Waals surface area contributed by atoms with E-state index in [-0.39, 0.29) is 29.8 Å². The van der Waals surface area contributed by atoms with Gasteiger partial charge in [0.15, 0.2) is 0 Å². The molecule has 1 N–H and O–H groups in total. The molecule has 1 spiro atoms. The van der Waals surface area contributed by atoms with Gasteiger partial charge in [0, 0.05) is 43.9 Å². The van der Waals surface area contributed by atoms with Gasteiger partial charge in [0.25, 0.3) is 12.4 Å². The van der Waals surface area contributed by atoms with Crippen LogP contribution in [0.3, 0.4) is 0 Å². The number of hydrogen-bond acceptors (Lipinski definition) is 8. The second-order valence-corrected chi connectivity index (χ2v) is 10.8. The van der Waals surface area contributed by atoms with Gasteiger partial charge >= 0.3 is 0 Å². The van der Waals surface area contributed by atoms with Crippen LogP contribution in [0.1, 0.15) is 35.3 Å². The van der Waals surface area contributed by atoms with Gasteiger partial charge in [-0.05, 0) is 26.7 Å². The fourth-order valence-electron chi connectivity index (χ4n) is 3.84. The van der Waals surface area contributed by atoms with Crippen molar-refractivity contribution in [1.29, 1.82) is 0 Å². The van der Waals surface area contributed by atoms with Crippen LogP contribution in [0.2, 0.25) is 0 Å². The van der Waals surface area contributed by atoms with E-state index in [9.17, 15) is 13.2 Å². The first-order valence-electron chi connectivity index (χ1n) is 9.44. The van der Waals surface area contributed by atoms with Crippen molar-refractivity contribution in [2.24, 2.45) is 0 Å². The highest BCUT2D eigenvalue weighted by Gasteiger charge is 2.42. The Morgan fingerprint density at radius 1 is 1.41 bits per heavy atom. The number of carbonyl (C=O) groups is 2. The minimum Gasteiger partial charge on any atom is -0.483 e. The van der Waals surface area contributed by atoms with E-state index in [4.69, 9.17) is 14.6 Å². The molecule has 2 aliphatic heterocycles. The molecule has 1 aromatic heterocycles. The zero-order valence-electron chi connectivity index (χ0n) is 17.0. The standard InChI is InChI=1S/C17H27N3O4S2.CH2O2/c1-13(11-26(3,22)23)20-8-9-24-17(12-20)4-6-19(7-5-17)16(21)15-10-25-14(2)18-15;2-1-3/h10,13H,4-9,11-12H2,1-3H3;1H,(H,2,3). The summed E-state index contributed by atoms with van der Waals surface area (Å²) in [5, 5.41) is 9.60. The molecule has 2 fully saturated rings. The molecule has 2 aliphatic rings. The fraction of sp³-hybridized carbons (Fsp3) is 0.722. The summed E-state index contributed by atoms with van der Waals surface area (Å²) < 4.78 is 29.3. The number of rotatable bonds is 4. The summed E-state index contributed by atoms with van der Waals surface area (Å²) in [6, 6.07) is -0.0246. The number of likely N-dealkylation sites (tertiary alicyclic amines) is 1. The first-order chi connectivity index (χ1) is 13.6. The highest BCUT2D eigenvalue weighted by Crippen LogP contribution is 2.31. The molecule has 11 heteroatoms. The van der Waals surface area contributed by atoms with Gasteiger partial charge in [0.1, 0.15) is 15.5 Å². The second kappa shape index (κ2) is 9.96. The fourth-order valence-corrected chi connectivity index (χ4v) is 5.51. The molecule has 3 heterocycles. The summed E-state index contributed by atoms with van der Waals surface area (Å²) in [7, 11) is -3.00. The molecule has 2 saturated heterocycles. The Balaban J connectivity index is 0.000000941. The van der Waals surface area contributed by atoms with E-state index in [0.29, 0.717) is 25.4 Å². The lowest BCUT2D eigenvalue weighted by Gasteiger charge is -2.48. The minimum atomic E-state index is -3.00. The molecule has 1 amide bonds. The molecule has 164 valence electrons. The van der Waals surface area contributed by atoms with Crippen LogP contribution in [0.25, 0.3) is 0 Å². The molecular formula is C18H29N3O6S2. The molecule has 3 rings (SSSR count). The van der Waals surface area contributed by atoms with E-state index in [2.05, 4.69) is 9.88 Å². The molecule has 0 bridgehead atoms. The molecular weight excluding hydrogens is 418 g/mol. The SMILES string of the molecule is Cc1nc(C(=O)N2CCC3(CC2)CN(C(C)CS(C)(=O)=O)CCO3)cs1.O=CO. The Hall–Kier alpha value is -1.56. The van der Waals surface area contributed by atoms with Crippen LogP contribution in [-0.4, -0.2) is 97.1 Å². The van der Waals surface area contributed by atoms with Gasteiger partial charge in [-0.3, -0.25) is 14.5 Å². The summed E-state index contributed by atoms with van der Waals surface area (Å²) in [4.78, 5) is 29.3. The van der Waals surface area contributed by atoms with Crippen molar-refractivity contribution in [2.75, 3.05) is 44.8 Å². The highest BCUT2D eigenvalue weighted by molar-refractivity contribution is 7.90. The van der Waals surface area contributed by atoms with E-state index in [1.807, 2.05) is 24.1 Å². The molecule has 1 atom stereocenters. The van der Waals surface area contributed by atoms with Gasteiger partial charge in [0.05, 0.1) is 23.0 Å². The van der Waals surface area contributed by atoms with Crippen molar-refractivity contribution in [3.63, 3.8) is 0 Å². The Kier molecular flexibility index (Phi) is 8.15. The quantitative estimate of drug-likeness (QED) is 0.677. The predicted molar refractivity (Wildman–Crippen MR) is 110 cm³/mol. The maximum atomic E-state index is 12.6. The maximum Gasteiger partial charge on any atom is 0.290 e. The van der Waals surface area contributed by atoms with Crippen LogP contribution >= 0.6 is 11.3 Å². The second-order valence-electron chi connectivity index (χ2n) is 7.59. The summed E-state index contributed by atoms with van der Waals surface area (Å²) in [5.41, 5.74) is 0.245. The number of piperidine rings is 1. The largest absolute Gasteiger partial charge is 0.483 e. The minimum absolute atomic E-state index is 0.0118. The van der Waals surface area contributed by atoms with Crippen molar-refractivity contribution >= 4 is 33.6 Å². The molecule has 29 heavy (non-hydrogen) atoms. The van der Waals surface area contributed by atoms with Crippen LogP contribution in [0.4, 0.5) is 0 Å². The van der Waals surface area contributed by atoms with Crippen LogP contribution in [0.5, 0.6) is 0 Å². The summed E-state index contributed by atoms with van der Waals surface area (Å²) in [5.74, 6) is 0.152. The van der Waals surface area contributed by atoms with Gasteiger partial charge < -0.3 is 14.7 Å². The summed E-state index contributed by atoms with van der Waals surface area (Å²) >= 11 is 1.49. The lowest BCUT2D eigenvalue weighted by Crippen LogP contribution is -2.59. The number of aryl methyl sites for hydroxylation is 1. The van der Waals surface area contributed by atoms with E-state index in [1.54, 1.807) is 0 Å². The number of sulfone groups is 1. The monoisotopic (exact) mass is 447 g/mol. The van der Waals surface area contributed by atoms with Crippen molar-refractivity contribution in [1.82, 2.24) is 14.8 Å².